The largest absolute Gasteiger partial charge is 0.352 e. The molecule has 0 fully saturated rings. The maximum absolute atomic E-state index is 14.5. The van der Waals surface area contributed by atoms with Crippen LogP contribution in [-0.4, -0.2) is 43.8 Å². The van der Waals surface area contributed by atoms with E-state index in [1.807, 2.05) is 50.2 Å². The maximum Gasteiger partial charge on any atom is 0.264 e. The first-order valence-corrected chi connectivity index (χ1v) is 16.4. The van der Waals surface area contributed by atoms with E-state index in [1.54, 1.807) is 49.4 Å². The van der Waals surface area contributed by atoms with Crippen LogP contribution in [0.1, 0.15) is 30.5 Å². The summed E-state index contributed by atoms with van der Waals surface area (Å²) in [6.45, 7) is 4.96. The number of carbonyl (C=O) groups excluding carboxylic acids is 2. The second kappa shape index (κ2) is 14.8. The summed E-state index contributed by atoms with van der Waals surface area (Å²) in [4.78, 5) is 29.6. The first kappa shape index (κ1) is 33.1. The van der Waals surface area contributed by atoms with E-state index in [2.05, 4.69) is 5.32 Å². The number of aryl methyl sites for hydroxylation is 1. The van der Waals surface area contributed by atoms with E-state index in [4.69, 9.17) is 23.2 Å². The van der Waals surface area contributed by atoms with Gasteiger partial charge in [-0.2, -0.15) is 0 Å². The minimum atomic E-state index is -4.22. The molecule has 0 radical (unpaired) electrons. The average molecular weight is 653 g/mol. The Morgan fingerprint density at radius 2 is 1.43 bits per heavy atom. The number of hydrogen-bond acceptors (Lipinski definition) is 4. The van der Waals surface area contributed by atoms with Gasteiger partial charge in [-0.1, -0.05) is 83.9 Å². The van der Waals surface area contributed by atoms with Gasteiger partial charge in [0, 0.05) is 29.1 Å². The molecule has 0 aliphatic heterocycles. The molecule has 0 aliphatic rings. The number of nitrogens with zero attached hydrogens (tertiary/aromatic N) is 2. The molecule has 1 N–H and O–H groups in total. The van der Waals surface area contributed by atoms with E-state index >= 15 is 0 Å². The Balaban J connectivity index is 1.82. The topological polar surface area (TPSA) is 86.8 Å². The average Bonchev–Trinajstić information content (AvgIpc) is 2.98. The molecule has 7 nitrogen and oxygen atoms in total. The predicted octanol–water partition coefficient (Wildman–Crippen LogP) is 6.66. The molecule has 0 spiro atoms. The molecule has 10 heteroatoms. The molecule has 0 aromatic heterocycles. The van der Waals surface area contributed by atoms with Crippen molar-refractivity contribution in [2.24, 2.45) is 0 Å². The molecule has 1 unspecified atom stereocenters. The van der Waals surface area contributed by atoms with Crippen LogP contribution in [0.15, 0.2) is 108 Å². The molecule has 230 valence electrons. The first-order chi connectivity index (χ1) is 21.0. The van der Waals surface area contributed by atoms with Gasteiger partial charge in [-0.05, 0) is 79.9 Å². The van der Waals surface area contributed by atoms with Crippen LogP contribution < -0.4 is 9.62 Å². The maximum atomic E-state index is 14.5. The minimum Gasteiger partial charge on any atom is -0.352 e. The highest BCUT2D eigenvalue weighted by atomic mass is 35.5. The lowest BCUT2D eigenvalue weighted by Gasteiger charge is -2.34. The van der Waals surface area contributed by atoms with Crippen molar-refractivity contribution >= 4 is 50.7 Å². The number of amides is 2. The summed E-state index contributed by atoms with van der Waals surface area (Å²) in [5.41, 5.74) is 2.57. The highest BCUT2D eigenvalue weighted by Crippen LogP contribution is 2.28. The standard InChI is InChI=1S/C34H35Cl2N3O4S/c1-24(2)37-34(41)32(21-26-11-5-4-6-12-26)38(22-27-13-9-14-29(36)20-27)33(40)23-39(31-15-8-7-10-25(31)3)44(42,43)30-18-16-28(35)17-19-30/h4-20,24,32H,21-23H2,1-3H3,(H,37,41). The number of nitrogens with one attached hydrogen (secondary N) is 1. The number of carbonyl (C=O) groups is 2. The second-order valence-corrected chi connectivity index (χ2v) is 13.5. The molecule has 0 aliphatic carbocycles. The van der Waals surface area contributed by atoms with Crippen LogP contribution >= 0.6 is 23.2 Å². The van der Waals surface area contributed by atoms with Crippen LogP contribution in [0.3, 0.4) is 0 Å². The lowest BCUT2D eigenvalue weighted by Crippen LogP contribution is -2.54. The summed E-state index contributed by atoms with van der Waals surface area (Å²) in [7, 11) is -4.22. The summed E-state index contributed by atoms with van der Waals surface area (Å²) in [5.74, 6) is -0.896. The molecule has 0 saturated carbocycles. The number of rotatable bonds is 12. The van der Waals surface area contributed by atoms with Crippen LogP contribution in [0.4, 0.5) is 5.69 Å². The number of benzene rings is 4. The van der Waals surface area contributed by atoms with Gasteiger partial charge in [0.05, 0.1) is 10.6 Å². The monoisotopic (exact) mass is 651 g/mol. The van der Waals surface area contributed by atoms with E-state index in [1.165, 1.54) is 29.2 Å². The van der Waals surface area contributed by atoms with Gasteiger partial charge in [0.2, 0.25) is 11.8 Å². The van der Waals surface area contributed by atoms with Gasteiger partial charge >= 0.3 is 0 Å². The van der Waals surface area contributed by atoms with Crippen molar-refractivity contribution in [2.75, 3.05) is 10.8 Å². The van der Waals surface area contributed by atoms with E-state index < -0.39 is 28.5 Å². The van der Waals surface area contributed by atoms with Gasteiger partial charge in [0.15, 0.2) is 0 Å². The molecule has 1 atom stereocenters. The zero-order chi connectivity index (χ0) is 31.9. The Bertz CT molecular complexity index is 1700. The number of halogens is 2. The lowest BCUT2D eigenvalue weighted by atomic mass is 10.0. The van der Waals surface area contributed by atoms with E-state index in [0.29, 0.717) is 26.9 Å². The molecule has 4 aromatic carbocycles. The predicted molar refractivity (Wildman–Crippen MR) is 176 cm³/mol. The van der Waals surface area contributed by atoms with Crippen LogP contribution in [0.25, 0.3) is 0 Å². The van der Waals surface area contributed by atoms with Crippen molar-refractivity contribution in [2.45, 2.75) is 50.7 Å². The zero-order valence-corrected chi connectivity index (χ0v) is 27.1. The molecule has 44 heavy (non-hydrogen) atoms. The molecule has 0 saturated heterocycles. The molecule has 4 aromatic rings. The molecule has 2 amide bonds. The normalized spacial score (nSPS) is 12.0. The van der Waals surface area contributed by atoms with Crippen molar-refractivity contribution in [3.05, 3.63) is 130 Å². The van der Waals surface area contributed by atoms with Crippen LogP contribution in [0.5, 0.6) is 0 Å². The number of hydrogen-bond donors (Lipinski definition) is 1. The van der Waals surface area contributed by atoms with Gasteiger partial charge in [0.1, 0.15) is 12.6 Å². The zero-order valence-electron chi connectivity index (χ0n) is 24.8. The van der Waals surface area contributed by atoms with Crippen LogP contribution in [-0.2, 0) is 32.6 Å². The molecule has 4 rings (SSSR count). The third-order valence-electron chi connectivity index (χ3n) is 7.01. The minimum absolute atomic E-state index is 0.0160. The molecule has 0 bridgehead atoms. The van der Waals surface area contributed by atoms with Crippen LogP contribution in [0, 0.1) is 6.92 Å². The Morgan fingerprint density at radius 1 is 0.795 bits per heavy atom. The molecular weight excluding hydrogens is 617 g/mol. The van der Waals surface area contributed by atoms with Gasteiger partial charge < -0.3 is 10.2 Å². The fourth-order valence-electron chi connectivity index (χ4n) is 4.86. The van der Waals surface area contributed by atoms with Crippen molar-refractivity contribution in [3.8, 4) is 0 Å². The summed E-state index contributed by atoms with van der Waals surface area (Å²) in [6, 6.07) is 28.1. The summed E-state index contributed by atoms with van der Waals surface area (Å²) < 4.78 is 29.3. The number of sulfonamides is 1. The van der Waals surface area contributed by atoms with Crippen LogP contribution in [0.2, 0.25) is 10.0 Å². The highest BCUT2D eigenvalue weighted by Gasteiger charge is 2.35. The summed E-state index contributed by atoms with van der Waals surface area (Å²) in [6.07, 6.45) is 0.222. The first-order valence-electron chi connectivity index (χ1n) is 14.2. The molecular formula is C34H35Cl2N3O4S. The fraction of sp³-hybridized carbons (Fsp3) is 0.235. The smallest absolute Gasteiger partial charge is 0.264 e. The van der Waals surface area contributed by atoms with Crippen molar-refractivity contribution in [1.82, 2.24) is 10.2 Å². The quantitative estimate of drug-likeness (QED) is 0.186. The fourth-order valence-corrected chi connectivity index (χ4v) is 6.67. The molecule has 0 heterocycles. The number of para-hydroxylation sites is 1. The van der Waals surface area contributed by atoms with E-state index in [-0.39, 0.29) is 29.8 Å². The highest BCUT2D eigenvalue weighted by molar-refractivity contribution is 7.92. The lowest BCUT2D eigenvalue weighted by molar-refractivity contribution is -0.140. The third kappa shape index (κ3) is 8.40. The van der Waals surface area contributed by atoms with Crippen molar-refractivity contribution < 1.29 is 18.0 Å². The Morgan fingerprint density at radius 3 is 2.07 bits per heavy atom. The Hall–Kier alpha value is -3.85. The Kier molecular flexibility index (Phi) is 11.1. The number of anilines is 1. The second-order valence-electron chi connectivity index (χ2n) is 10.8. The van der Waals surface area contributed by atoms with E-state index in [0.717, 1.165) is 9.87 Å². The van der Waals surface area contributed by atoms with Gasteiger partial charge in [-0.3, -0.25) is 13.9 Å². The summed E-state index contributed by atoms with van der Waals surface area (Å²) in [5, 5.41) is 3.81. The third-order valence-corrected chi connectivity index (χ3v) is 9.27. The van der Waals surface area contributed by atoms with Gasteiger partial charge in [-0.25, -0.2) is 8.42 Å². The Labute approximate surface area is 269 Å². The van der Waals surface area contributed by atoms with Gasteiger partial charge in [-0.15, -0.1) is 0 Å². The van der Waals surface area contributed by atoms with Crippen molar-refractivity contribution in [3.63, 3.8) is 0 Å². The van der Waals surface area contributed by atoms with E-state index in [9.17, 15) is 18.0 Å². The SMILES string of the molecule is Cc1ccccc1N(CC(=O)N(Cc1cccc(Cl)c1)C(Cc1ccccc1)C(=O)NC(C)C)S(=O)(=O)c1ccc(Cl)cc1. The van der Waals surface area contributed by atoms with Crippen molar-refractivity contribution in [1.29, 1.82) is 0 Å². The van der Waals surface area contributed by atoms with Gasteiger partial charge in [0.25, 0.3) is 10.0 Å². The summed E-state index contributed by atoms with van der Waals surface area (Å²) >= 11 is 12.3.